The van der Waals surface area contributed by atoms with Crippen molar-refractivity contribution < 1.29 is 9.94 Å². The van der Waals surface area contributed by atoms with Crippen LogP contribution in [0.4, 0.5) is 0 Å². The van der Waals surface area contributed by atoms with Crippen molar-refractivity contribution in [2.75, 3.05) is 0 Å². The highest BCUT2D eigenvalue weighted by molar-refractivity contribution is 5.79. The third-order valence-electron chi connectivity index (χ3n) is 3.33. The Bertz CT molecular complexity index is 417. The molecule has 0 amide bonds. The van der Waals surface area contributed by atoms with Gasteiger partial charge in [-0.2, -0.15) is 0 Å². The third-order valence-corrected chi connectivity index (χ3v) is 3.33. The Morgan fingerprint density at radius 1 is 1.22 bits per heavy atom. The second kappa shape index (κ2) is 6.24. The molecule has 1 aromatic carbocycles. The van der Waals surface area contributed by atoms with E-state index in [-0.39, 0.29) is 5.75 Å². The van der Waals surface area contributed by atoms with E-state index in [0.717, 1.165) is 24.2 Å². The molecule has 1 aliphatic rings. The number of benzene rings is 1. The molecule has 1 aromatic rings. The quantitative estimate of drug-likeness (QED) is 0.497. The molecule has 3 heteroatoms. The van der Waals surface area contributed by atoms with Crippen molar-refractivity contribution in [1.29, 1.82) is 0 Å². The fraction of sp³-hybridized carbons (Fsp3) is 0.400. The van der Waals surface area contributed by atoms with Gasteiger partial charge in [0, 0.05) is 5.92 Å². The van der Waals surface area contributed by atoms with Gasteiger partial charge in [0.05, 0.1) is 6.21 Å². The second-order valence-electron chi connectivity index (χ2n) is 4.72. The van der Waals surface area contributed by atoms with E-state index in [9.17, 15) is 0 Å². The largest absolute Gasteiger partial charge is 0.508 e. The normalized spacial score (nSPS) is 16.9. The Kier molecular flexibility index (Phi) is 4.40. The molecule has 18 heavy (non-hydrogen) atoms. The Balaban J connectivity index is 1.83. The number of phenolic OH excluding ortho intramolecular Hbond substituents is 1. The van der Waals surface area contributed by atoms with Gasteiger partial charge in [-0.15, -0.1) is 0 Å². The van der Waals surface area contributed by atoms with Gasteiger partial charge in [-0.3, -0.25) is 0 Å². The van der Waals surface area contributed by atoms with Crippen molar-refractivity contribution in [3.8, 4) is 5.75 Å². The first-order valence-corrected chi connectivity index (χ1v) is 6.44. The van der Waals surface area contributed by atoms with Crippen molar-refractivity contribution in [1.82, 2.24) is 0 Å². The number of oxime groups is 1. The SMILES string of the molecule is C=C(O/N=C/c1ccc(O)cc1)C1CCCCC1. The van der Waals surface area contributed by atoms with Gasteiger partial charge in [0.25, 0.3) is 0 Å². The van der Waals surface area contributed by atoms with Gasteiger partial charge in [-0.25, -0.2) is 0 Å². The lowest BCUT2D eigenvalue weighted by molar-refractivity contribution is 0.173. The maximum absolute atomic E-state index is 9.15. The molecule has 0 aliphatic heterocycles. The number of allylic oxidation sites excluding steroid dienone is 1. The predicted octanol–water partition coefficient (Wildman–Crippen LogP) is 3.84. The lowest BCUT2D eigenvalue weighted by Gasteiger charge is -2.21. The average Bonchev–Trinajstić information content (AvgIpc) is 2.42. The first-order valence-electron chi connectivity index (χ1n) is 6.44. The summed E-state index contributed by atoms with van der Waals surface area (Å²) in [5.41, 5.74) is 0.893. The highest BCUT2D eigenvalue weighted by Gasteiger charge is 2.17. The molecule has 1 aliphatic carbocycles. The van der Waals surface area contributed by atoms with Crippen LogP contribution in [0.5, 0.6) is 5.75 Å². The van der Waals surface area contributed by atoms with Crippen LogP contribution in [0.15, 0.2) is 41.8 Å². The molecule has 96 valence electrons. The van der Waals surface area contributed by atoms with Crippen molar-refractivity contribution in [3.63, 3.8) is 0 Å². The number of rotatable bonds is 4. The molecular formula is C15H19NO2. The van der Waals surface area contributed by atoms with Crippen LogP contribution < -0.4 is 0 Å². The lowest BCUT2D eigenvalue weighted by atomic mass is 9.88. The third kappa shape index (κ3) is 3.62. The molecule has 1 N–H and O–H groups in total. The smallest absolute Gasteiger partial charge is 0.130 e. The van der Waals surface area contributed by atoms with E-state index in [0.29, 0.717) is 5.92 Å². The second-order valence-corrected chi connectivity index (χ2v) is 4.72. The molecular weight excluding hydrogens is 226 g/mol. The van der Waals surface area contributed by atoms with Gasteiger partial charge < -0.3 is 9.94 Å². The summed E-state index contributed by atoms with van der Waals surface area (Å²) in [4.78, 5) is 5.33. The van der Waals surface area contributed by atoms with E-state index in [2.05, 4.69) is 11.7 Å². The van der Waals surface area contributed by atoms with E-state index >= 15 is 0 Å². The fourth-order valence-corrected chi connectivity index (χ4v) is 2.21. The predicted molar refractivity (Wildman–Crippen MR) is 72.5 cm³/mol. The maximum Gasteiger partial charge on any atom is 0.130 e. The van der Waals surface area contributed by atoms with Crippen molar-refractivity contribution >= 4 is 6.21 Å². The minimum absolute atomic E-state index is 0.250. The first-order chi connectivity index (χ1) is 8.75. The van der Waals surface area contributed by atoms with Gasteiger partial charge in [0.15, 0.2) is 0 Å². The topological polar surface area (TPSA) is 41.8 Å². The molecule has 0 radical (unpaired) electrons. The van der Waals surface area contributed by atoms with E-state index in [1.807, 2.05) is 0 Å². The van der Waals surface area contributed by atoms with E-state index < -0.39 is 0 Å². The summed E-state index contributed by atoms with van der Waals surface area (Å²) in [7, 11) is 0. The van der Waals surface area contributed by atoms with Crippen molar-refractivity contribution in [2.24, 2.45) is 11.1 Å². The van der Waals surface area contributed by atoms with Crippen LogP contribution in [0.1, 0.15) is 37.7 Å². The molecule has 1 fully saturated rings. The summed E-state index contributed by atoms with van der Waals surface area (Å²) in [6.07, 6.45) is 7.79. The molecule has 0 heterocycles. The zero-order valence-electron chi connectivity index (χ0n) is 10.5. The summed E-state index contributed by atoms with van der Waals surface area (Å²) >= 11 is 0. The minimum Gasteiger partial charge on any atom is -0.508 e. The summed E-state index contributed by atoms with van der Waals surface area (Å²) < 4.78 is 0. The summed E-state index contributed by atoms with van der Waals surface area (Å²) in [6.45, 7) is 3.95. The van der Waals surface area contributed by atoms with Crippen LogP contribution in [-0.2, 0) is 4.84 Å². The number of nitrogens with zero attached hydrogens (tertiary/aromatic N) is 1. The van der Waals surface area contributed by atoms with E-state index in [1.54, 1.807) is 30.5 Å². The monoisotopic (exact) mass is 245 g/mol. The van der Waals surface area contributed by atoms with Crippen LogP contribution in [-0.4, -0.2) is 11.3 Å². The van der Waals surface area contributed by atoms with E-state index in [1.165, 1.54) is 19.3 Å². The summed E-state index contributed by atoms with van der Waals surface area (Å²) in [6, 6.07) is 6.81. The average molecular weight is 245 g/mol. The van der Waals surface area contributed by atoms with E-state index in [4.69, 9.17) is 9.94 Å². The number of aromatic hydroxyl groups is 1. The molecule has 2 rings (SSSR count). The first kappa shape index (κ1) is 12.7. The zero-order valence-corrected chi connectivity index (χ0v) is 10.5. The fourth-order valence-electron chi connectivity index (χ4n) is 2.21. The van der Waals surface area contributed by atoms with Crippen LogP contribution >= 0.6 is 0 Å². The lowest BCUT2D eigenvalue weighted by Crippen LogP contribution is -2.09. The standard InChI is InChI=1S/C15H19NO2/c1-12(14-5-3-2-4-6-14)18-16-11-13-7-9-15(17)10-8-13/h7-11,14,17H,1-6H2/b16-11+. The Morgan fingerprint density at radius 3 is 2.56 bits per heavy atom. The summed E-state index contributed by atoms with van der Waals surface area (Å²) in [5.74, 6) is 1.47. The Hall–Kier alpha value is -1.77. The van der Waals surface area contributed by atoms with Crippen LogP contribution in [0.25, 0.3) is 0 Å². The molecule has 0 bridgehead atoms. The zero-order chi connectivity index (χ0) is 12.8. The molecule has 1 saturated carbocycles. The van der Waals surface area contributed by atoms with Crippen molar-refractivity contribution in [2.45, 2.75) is 32.1 Å². The molecule has 0 atom stereocenters. The van der Waals surface area contributed by atoms with Gasteiger partial charge in [-0.05, 0) is 42.7 Å². The van der Waals surface area contributed by atoms with Crippen LogP contribution in [0.3, 0.4) is 0 Å². The molecule has 0 aromatic heterocycles. The molecule has 3 nitrogen and oxygen atoms in total. The highest BCUT2D eigenvalue weighted by Crippen LogP contribution is 2.29. The Labute approximate surface area is 108 Å². The van der Waals surface area contributed by atoms with Crippen LogP contribution in [0.2, 0.25) is 0 Å². The highest BCUT2D eigenvalue weighted by atomic mass is 16.6. The van der Waals surface area contributed by atoms with Gasteiger partial charge in [0.1, 0.15) is 11.5 Å². The number of hydrogen-bond acceptors (Lipinski definition) is 3. The van der Waals surface area contributed by atoms with Crippen LogP contribution in [0, 0.1) is 5.92 Å². The Morgan fingerprint density at radius 2 is 1.89 bits per heavy atom. The van der Waals surface area contributed by atoms with Gasteiger partial charge in [-0.1, -0.05) is 31.0 Å². The van der Waals surface area contributed by atoms with Gasteiger partial charge in [0.2, 0.25) is 0 Å². The molecule has 0 spiro atoms. The minimum atomic E-state index is 0.250. The number of hydrogen-bond donors (Lipinski definition) is 1. The van der Waals surface area contributed by atoms with Gasteiger partial charge >= 0.3 is 0 Å². The maximum atomic E-state index is 9.15. The molecule has 0 saturated heterocycles. The number of phenols is 1. The summed E-state index contributed by atoms with van der Waals surface area (Å²) in [5, 5.41) is 13.1. The van der Waals surface area contributed by atoms with Crippen molar-refractivity contribution in [3.05, 3.63) is 42.2 Å². The molecule has 0 unspecified atom stereocenters.